The molecule has 4 heterocycles. The number of H-pyrrole nitrogens is 1. The Kier molecular flexibility index (Phi) is 11.8. The number of aryl methyl sites for hydroxylation is 3. The molecule has 0 saturated carbocycles. The Labute approximate surface area is 375 Å². The maximum absolute atomic E-state index is 13.2. The number of ketones is 4. The van der Waals surface area contributed by atoms with E-state index in [9.17, 15) is 19.2 Å². The van der Waals surface area contributed by atoms with Gasteiger partial charge in [-0.1, -0.05) is 72.8 Å². The molecule has 10 rings (SSSR count). The number of thioether (sulfide) groups is 1. The summed E-state index contributed by atoms with van der Waals surface area (Å²) in [7, 11) is 6.10. The van der Waals surface area contributed by atoms with Gasteiger partial charge in [0.2, 0.25) is 0 Å². The Morgan fingerprint density at radius 2 is 1.03 bits per heavy atom. The topological polar surface area (TPSA) is 126 Å². The van der Waals surface area contributed by atoms with Crippen LogP contribution in [0.3, 0.4) is 0 Å². The standard InChI is InChI=1S/C27H25N3O2S.C26H25N3O2/c1-17(28)33-13-7-12-30-16-21(19-9-4-6-11-23(19)30)27-25(32)14-24(31)26(27)20-15-29(2)22-10-5-3-8-18(20)22;1-28(2)12-7-13-29-16-20(18-9-4-6-11-22(18)29)26-24(31)14-23(30)25(26)19-15-27-21-10-5-3-8-17(19)21/h3-6,8-11,15-16,28H,7,12-14H2,1-2H3;3-6,8-11,15-16,27H,7,12-14H2,1-2H3. The fourth-order valence-electron chi connectivity index (χ4n) is 9.44. The van der Waals surface area contributed by atoms with E-state index in [0.717, 1.165) is 104 Å². The van der Waals surface area contributed by atoms with E-state index < -0.39 is 0 Å². The van der Waals surface area contributed by atoms with Gasteiger partial charge in [0.05, 0.1) is 17.9 Å². The van der Waals surface area contributed by atoms with Crippen LogP contribution in [-0.2, 0) is 39.3 Å². The number of carbonyl (C=O) groups is 4. The van der Waals surface area contributed by atoms with Crippen LogP contribution in [-0.4, -0.2) is 78.2 Å². The zero-order valence-electron chi connectivity index (χ0n) is 36.5. The first-order valence-electron chi connectivity index (χ1n) is 21.7. The van der Waals surface area contributed by atoms with Crippen molar-refractivity contribution in [3.8, 4) is 0 Å². The molecule has 0 radical (unpaired) electrons. The van der Waals surface area contributed by atoms with Crippen molar-refractivity contribution in [3.05, 3.63) is 144 Å². The lowest BCUT2D eigenvalue weighted by Crippen LogP contribution is -2.14. The second-order valence-electron chi connectivity index (χ2n) is 16.9. The molecule has 11 heteroatoms. The van der Waals surface area contributed by atoms with Gasteiger partial charge in [-0.15, -0.1) is 11.8 Å². The van der Waals surface area contributed by atoms with Gasteiger partial charge in [0.15, 0.2) is 23.1 Å². The van der Waals surface area contributed by atoms with Crippen molar-refractivity contribution in [1.82, 2.24) is 23.6 Å². The van der Waals surface area contributed by atoms with Gasteiger partial charge < -0.3 is 23.6 Å². The van der Waals surface area contributed by atoms with Crippen molar-refractivity contribution in [2.24, 2.45) is 7.05 Å². The first-order valence-corrected chi connectivity index (χ1v) is 22.7. The number of carbonyl (C=O) groups excluding carboxylic acids is 4. The Bertz CT molecular complexity index is 3260. The molecule has 4 aromatic heterocycles. The van der Waals surface area contributed by atoms with Crippen LogP contribution in [0.4, 0.5) is 0 Å². The predicted molar refractivity (Wildman–Crippen MR) is 262 cm³/mol. The maximum Gasteiger partial charge on any atom is 0.172 e. The number of benzene rings is 4. The van der Waals surface area contributed by atoms with Crippen molar-refractivity contribution < 1.29 is 19.2 Å². The number of allylic oxidation sites excluding steroid dienone is 4. The van der Waals surface area contributed by atoms with Crippen LogP contribution in [0.5, 0.6) is 0 Å². The van der Waals surface area contributed by atoms with Crippen LogP contribution in [0.1, 0.15) is 54.9 Å². The monoisotopic (exact) mass is 866 g/mol. The third kappa shape index (κ3) is 7.90. The van der Waals surface area contributed by atoms with E-state index in [0.29, 0.717) is 27.3 Å². The van der Waals surface area contributed by atoms with Gasteiger partial charge >= 0.3 is 0 Å². The zero-order chi connectivity index (χ0) is 44.6. The highest BCUT2D eigenvalue weighted by molar-refractivity contribution is 8.13. The van der Waals surface area contributed by atoms with Gasteiger partial charge in [-0.05, 0) is 64.7 Å². The molecular weight excluding hydrogens is 817 g/mol. The summed E-state index contributed by atoms with van der Waals surface area (Å²) in [5.74, 6) is 0.455. The minimum Gasteiger partial charge on any atom is -0.361 e. The lowest BCUT2D eigenvalue weighted by molar-refractivity contribution is -0.121. The zero-order valence-corrected chi connectivity index (χ0v) is 37.4. The lowest BCUT2D eigenvalue weighted by atomic mass is 9.95. The number of aromatic nitrogens is 4. The summed E-state index contributed by atoms with van der Waals surface area (Å²) in [6, 6.07) is 32.1. The van der Waals surface area contributed by atoms with E-state index in [2.05, 4.69) is 51.4 Å². The van der Waals surface area contributed by atoms with Crippen molar-refractivity contribution in [1.29, 1.82) is 5.41 Å². The smallest absolute Gasteiger partial charge is 0.172 e. The molecule has 2 N–H and O–H groups in total. The summed E-state index contributed by atoms with van der Waals surface area (Å²) in [4.78, 5) is 57.8. The van der Waals surface area contributed by atoms with Gasteiger partial charge in [0.1, 0.15) is 0 Å². The minimum atomic E-state index is -0.110. The quantitative estimate of drug-likeness (QED) is 0.0545. The summed E-state index contributed by atoms with van der Waals surface area (Å²) in [6.07, 6.45) is 9.68. The van der Waals surface area contributed by atoms with Crippen molar-refractivity contribution in [2.75, 3.05) is 26.4 Å². The molecule has 0 atom stereocenters. The summed E-state index contributed by atoms with van der Waals surface area (Å²) < 4.78 is 6.40. The molecule has 0 unspecified atom stereocenters. The number of rotatable bonds is 12. The summed E-state index contributed by atoms with van der Waals surface area (Å²) in [5.41, 5.74) is 9.64. The lowest BCUT2D eigenvalue weighted by Gasteiger charge is -2.10. The molecule has 10 nitrogen and oxygen atoms in total. The molecule has 0 amide bonds. The normalized spacial score (nSPS) is 14.5. The summed E-state index contributed by atoms with van der Waals surface area (Å²) in [5, 5.41) is 12.2. The number of hydrogen-bond acceptors (Lipinski definition) is 7. The van der Waals surface area contributed by atoms with Gasteiger partial charge in [0, 0.05) is 139 Å². The summed E-state index contributed by atoms with van der Waals surface area (Å²) >= 11 is 1.55. The Hall–Kier alpha value is -6.82. The largest absolute Gasteiger partial charge is 0.361 e. The van der Waals surface area contributed by atoms with E-state index in [1.165, 1.54) is 0 Å². The van der Waals surface area contributed by atoms with Crippen molar-refractivity contribution >= 4 is 106 Å². The van der Waals surface area contributed by atoms with Crippen LogP contribution in [0.15, 0.2) is 122 Å². The van der Waals surface area contributed by atoms with Crippen molar-refractivity contribution in [2.45, 2.75) is 45.7 Å². The van der Waals surface area contributed by atoms with Gasteiger partial charge in [-0.3, -0.25) is 24.6 Å². The van der Waals surface area contributed by atoms with Crippen LogP contribution < -0.4 is 0 Å². The number of hydrogen-bond donors (Lipinski definition) is 2. The highest BCUT2D eigenvalue weighted by atomic mass is 32.2. The van der Waals surface area contributed by atoms with Gasteiger partial charge in [-0.2, -0.15) is 0 Å². The number of fused-ring (bicyclic) bond motifs is 4. The van der Waals surface area contributed by atoms with Crippen LogP contribution in [0, 0.1) is 5.41 Å². The van der Waals surface area contributed by atoms with E-state index in [1.807, 2.05) is 115 Å². The molecule has 8 aromatic rings. The first kappa shape index (κ1) is 42.5. The molecular formula is C53H50N6O4S. The number of para-hydroxylation sites is 4. The Balaban J connectivity index is 0.000000162. The minimum absolute atomic E-state index is 0.0652. The number of nitrogens with one attached hydrogen (secondary N) is 2. The molecule has 2 aliphatic rings. The molecule has 0 fully saturated rings. The fourth-order valence-corrected chi connectivity index (χ4v) is 10.0. The number of nitrogens with zero attached hydrogens (tertiary/aromatic N) is 4. The van der Waals surface area contributed by atoms with E-state index >= 15 is 0 Å². The average molecular weight is 867 g/mol. The third-order valence-electron chi connectivity index (χ3n) is 12.3. The SMILES string of the molecule is CC(=N)SCCCn1cc(C2=C(c3cn(C)c4ccccc34)C(=O)CC2=O)c2ccccc21.CN(C)CCCn1cc(C2=C(c3c[nH]c4ccccc34)C(=O)CC2=O)c2ccccc21. The Morgan fingerprint density at radius 3 is 1.56 bits per heavy atom. The molecule has 0 aliphatic heterocycles. The highest BCUT2D eigenvalue weighted by Gasteiger charge is 2.36. The molecule has 0 bridgehead atoms. The third-order valence-corrected chi connectivity index (χ3v) is 13.2. The number of aromatic amines is 1. The second-order valence-corrected chi connectivity index (χ2v) is 18.2. The van der Waals surface area contributed by atoms with E-state index in [1.54, 1.807) is 18.7 Å². The average Bonchev–Trinajstić information content (AvgIpc) is 4.13. The fraction of sp³-hybridized carbons (Fsp3) is 0.226. The van der Waals surface area contributed by atoms with Crippen molar-refractivity contribution in [3.63, 3.8) is 0 Å². The van der Waals surface area contributed by atoms with Crippen LogP contribution in [0.2, 0.25) is 0 Å². The summed E-state index contributed by atoms with van der Waals surface area (Å²) in [6.45, 7) is 4.44. The first-order chi connectivity index (χ1) is 31.0. The molecule has 4 aromatic carbocycles. The number of Topliss-reactive ketones (excluding diaryl/α,β-unsaturated/α-hetero) is 4. The predicted octanol–water partition coefficient (Wildman–Crippen LogP) is 10.2. The molecule has 64 heavy (non-hydrogen) atoms. The maximum atomic E-state index is 13.2. The van der Waals surface area contributed by atoms with Gasteiger partial charge in [0.25, 0.3) is 0 Å². The highest BCUT2D eigenvalue weighted by Crippen LogP contribution is 2.43. The molecule has 0 spiro atoms. The van der Waals surface area contributed by atoms with Crippen LogP contribution >= 0.6 is 11.8 Å². The molecule has 2 aliphatic carbocycles. The van der Waals surface area contributed by atoms with E-state index in [4.69, 9.17) is 5.41 Å². The molecule has 0 saturated heterocycles. The second kappa shape index (κ2) is 17.7. The van der Waals surface area contributed by atoms with Gasteiger partial charge in [-0.25, -0.2) is 0 Å². The van der Waals surface area contributed by atoms with Crippen LogP contribution in [0.25, 0.3) is 65.9 Å². The van der Waals surface area contributed by atoms with E-state index in [-0.39, 0.29) is 36.0 Å². The molecule has 322 valence electrons. The Morgan fingerprint density at radius 1 is 0.594 bits per heavy atom.